The summed E-state index contributed by atoms with van der Waals surface area (Å²) in [5.41, 5.74) is 2.51. The van der Waals surface area contributed by atoms with E-state index in [0.717, 1.165) is 28.7 Å². The van der Waals surface area contributed by atoms with Crippen LogP contribution in [0.4, 0.5) is 5.69 Å². The first-order chi connectivity index (χ1) is 12.4. The van der Waals surface area contributed by atoms with Gasteiger partial charge in [-0.15, -0.1) is 0 Å². The highest BCUT2D eigenvalue weighted by molar-refractivity contribution is 5.93. The zero-order valence-corrected chi connectivity index (χ0v) is 15.0. The molecule has 0 radical (unpaired) electrons. The van der Waals surface area contributed by atoms with Crippen LogP contribution in [0.2, 0.25) is 0 Å². The predicted molar refractivity (Wildman–Crippen MR) is 98.2 cm³/mol. The lowest BCUT2D eigenvalue weighted by Crippen LogP contribution is -2.34. The molecular formula is C19H22N4O3. The molecule has 3 rings (SSSR count). The van der Waals surface area contributed by atoms with Gasteiger partial charge >= 0.3 is 0 Å². The fourth-order valence-corrected chi connectivity index (χ4v) is 3.04. The van der Waals surface area contributed by atoms with E-state index in [0.29, 0.717) is 18.8 Å². The Hall–Kier alpha value is -2.96. The first-order valence-electron chi connectivity index (χ1n) is 8.68. The summed E-state index contributed by atoms with van der Waals surface area (Å²) in [4.78, 5) is 38.4. The van der Waals surface area contributed by atoms with E-state index in [9.17, 15) is 14.4 Å². The molecule has 2 amide bonds. The Labute approximate surface area is 151 Å². The third-order valence-electron chi connectivity index (χ3n) is 4.43. The number of carbonyl (C=O) groups excluding carboxylic acids is 2. The number of aryl methyl sites for hydroxylation is 2. The number of hydrogen-bond donors (Lipinski definition) is 1. The Morgan fingerprint density at radius 2 is 1.85 bits per heavy atom. The number of likely N-dealkylation sites (tertiary alicyclic amines) is 1. The second-order valence-corrected chi connectivity index (χ2v) is 6.58. The van der Waals surface area contributed by atoms with Gasteiger partial charge in [0, 0.05) is 24.8 Å². The molecule has 1 aliphatic heterocycles. The summed E-state index contributed by atoms with van der Waals surface area (Å²) in [7, 11) is 0. The van der Waals surface area contributed by atoms with Crippen LogP contribution in [0.3, 0.4) is 0 Å². The van der Waals surface area contributed by atoms with Gasteiger partial charge in [-0.05, 0) is 44.4 Å². The van der Waals surface area contributed by atoms with E-state index in [2.05, 4.69) is 10.4 Å². The maximum Gasteiger partial charge on any atom is 0.274 e. The van der Waals surface area contributed by atoms with Crippen molar-refractivity contribution in [2.75, 3.05) is 18.4 Å². The summed E-state index contributed by atoms with van der Waals surface area (Å²) < 4.78 is 1.03. The lowest BCUT2D eigenvalue weighted by molar-refractivity contribution is -0.117. The molecule has 1 fully saturated rings. The van der Waals surface area contributed by atoms with Crippen LogP contribution in [0, 0.1) is 13.8 Å². The number of anilines is 1. The quantitative estimate of drug-likeness (QED) is 0.906. The lowest BCUT2D eigenvalue weighted by atomic mass is 10.1. The van der Waals surface area contributed by atoms with Crippen molar-refractivity contribution in [2.45, 2.75) is 33.2 Å². The molecule has 0 atom stereocenters. The highest BCUT2D eigenvalue weighted by Gasteiger charge is 2.21. The molecule has 136 valence electrons. The van der Waals surface area contributed by atoms with Crippen molar-refractivity contribution in [2.24, 2.45) is 0 Å². The van der Waals surface area contributed by atoms with Gasteiger partial charge in [-0.2, -0.15) is 5.10 Å². The van der Waals surface area contributed by atoms with E-state index in [1.54, 1.807) is 4.90 Å². The summed E-state index contributed by atoms with van der Waals surface area (Å²) in [5.74, 6) is -0.566. The van der Waals surface area contributed by atoms with Crippen molar-refractivity contribution in [3.8, 4) is 0 Å². The van der Waals surface area contributed by atoms with Gasteiger partial charge in [-0.1, -0.05) is 17.7 Å². The second kappa shape index (κ2) is 7.51. The van der Waals surface area contributed by atoms with E-state index in [4.69, 9.17) is 0 Å². The highest BCUT2D eigenvalue weighted by Crippen LogP contribution is 2.16. The van der Waals surface area contributed by atoms with Crippen LogP contribution in [0.1, 0.15) is 34.5 Å². The summed E-state index contributed by atoms with van der Waals surface area (Å²) in [6, 6.07) is 8.39. The summed E-state index contributed by atoms with van der Waals surface area (Å²) in [6.45, 7) is 5.04. The van der Waals surface area contributed by atoms with Gasteiger partial charge in [0.2, 0.25) is 5.91 Å². The summed E-state index contributed by atoms with van der Waals surface area (Å²) in [5, 5.41) is 6.87. The number of rotatable bonds is 4. The number of amides is 2. The minimum atomic E-state index is -0.418. The molecule has 0 unspecified atom stereocenters. The van der Waals surface area contributed by atoms with Crippen LogP contribution in [-0.2, 0) is 11.3 Å². The summed E-state index contributed by atoms with van der Waals surface area (Å²) >= 11 is 0. The average Bonchev–Trinajstić information content (AvgIpc) is 3.13. The monoisotopic (exact) mass is 354 g/mol. The first-order valence-corrected chi connectivity index (χ1v) is 8.68. The fourth-order valence-electron chi connectivity index (χ4n) is 3.04. The van der Waals surface area contributed by atoms with Crippen LogP contribution in [0.15, 0.2) is 35.1 Å². The molecule has 0 aliphatic carbocycles. The lowest BCUT2D eigenvalue weighted by Gasteiger charge is -2.15. The van der Waals surface area contributed by atoms with Crippen molar-refractivity contribution >= 4 is 17.5 Å². The SMILES string of the molecule is Cc1ccc(NC(=O)Cn2nc(C(=O)N3CCCC3)ccc2=O)c(C)c1. The molecule has 1 aromatic carbocycles. The van der Waals surface area contributed by atoms with Crippen molar-refractivity contribution in [3.63, 3.8) is 0 Å². The molecule has 1 N–H and O–H groups in total. The molecule has 26 heavy (non-hydrogen) atoms. The van der Waals surface area contributed by atoms with Gasteiger partial charge in [0.1, 0.15) is 12.2 Å². The smallest absolute Gasteiger partial charge is 0.274 e. The van der Waals surface area contributed by atoms with E-state index in [1.807, 2.05) is 32.0 Å². The molecule has 2 aromatic rings. The molecule has 7 nitrogen and oxygen atoms in total. The van der Waals surface area contributed by atoms with Crippen LogP contribution in [-0.4, -0.2) is 39.6 Å². The van der Waals surface area contributed by atoms with Crippen LogP contribution >= 0.6 is 0 Å². The Morgan fingerprint density at radius 3 is 2.54 bits per heavy atom. The number of carbonyl (C=O) groups is 2. The maximum atomic E-state index is 12.4. The van der Waals surface area contributed by atoms with E-state index in [1.165, 1.54) is 12.1 Å². The molecule has 0 spiro atoms. The normalized spacial score (nSPS) is 13.7. The number of aromatic nitrogens is 2. The van der Waals surface area contributed by atoms with Gasteiger partial charge < -0.3 is 10.2 Å². The fraction of sp³-hybridized carbons (Fsp3) is 0.368. The van der Waals surface area contributed by atoms with Crippen molar-refractivity contribution in [1.82, 2.24) is 14.7 Å². The van der Waals surface area contributed by atoms with Gasteiger partial charge in [-0.25, -0.2) is 4.68 Å². The van der Waals surface area contributed by atoms with E-state index in [-0.39, 0.29) is 24.1 Å². The van der Waals surface area contributed by atoms with Crippen molar-refractivity contribution in [3.05, 3.63) is 57.5 Å². The minimum absolute atomic E-state index is 0.186. The van der Waals surface area contributed by atoms with Crippen molar-refractivity contribution in [1.29, 1.82) is 0 Å². The molecule has 1 aromatic heterocycles. The van der Waals surface area contributed by atoms with E-state index < -0.39 is 5.56 Å². The Balaban J connectivity index is 1.74. The third-order valence-corrected chi connectivity index (χ3v) is 4.43. The molecule has 1 saturated heterocycles. The standard InChI is InChI=1S/C19H22N4O3/c1-13-5-6-15(14(2)11-13)20-17(24)12-23-18(25)8-7-16(21-23)19(26)22-9-3-4-10-22/h5-8,11H,3-4,9-10,12H2,1-2H3,(H,20,24). The van der Waals surface area contributed by atoms with Gasteiger partial charge in [-0.3, -0.25) is 14.4 Å². The zero-order chi connectivity index (χ0) is 18.7. The van der Waals surface area contributed by atoms with Crippen LogP contribution < -0.4 is 10.9 Å². The highest BCUT2D eigenvalue weighted by atomic mass is 16.2. The Morgan fingerprint density at radius 1 is 1.12 bits per heavy atom. The van der Waals surface area contributed by atoms with Gasteiger partial charge in [0.05, 0.1) is 0 Å². The Bertz CT molecular complexity index is 898. The van der Waals surface area contributed by atoms with E-state index >= 15 is 0 Å². The topological polar surface area (TPSA) is 84.3 Å². The first kappa shape index (κ1) is 17.8. The molecule has 2 heterocycles. The molecule has 1 aliphatic rings. The molecular weight excluding hydrogens is 332 g/mol. The third kappa shape index (κ3) is 3.99. The summed E-state index contributed by atoms with van der Waals surface area (Å²) in [6.07, 6.45) is 1.95. The predicted octanol–water partition coefficient (Wildman–Crippen LogP) is 1.73. The zero-order valence-electron chi connectivity index (χ0n) is 15.0. The molecule has 0 bridgehead atoms. The number of nitrogens with one attached hydrogen (secondary N) is 1. The Kier molecular flexibility index (Phi) is 5.16. The minimum Gasteiger partial charge on any atom is -0.337 e. The number of hydrogen-bond acceptors (Lipinski definition) is 4. The molecule has 7 heteroatoms. The number of benzene rings is 1. The van der Waals surface area contributed by atoms with Crippen molar-refractivity contribution < 1.29 is 9.59 Å². The largest absolute Gasteiger partial charge is 0.337 e. The van der Waals surface area contributed by atoms with Crippen LogP contribution in [0.25, 0.3) is 0 Å². The van der Waals surface area contributed by atoms with Crippen LogP contribution in [0.5, 0.6) is 0 Å². The van der Waals surface area contributed by atoms with Gasteiger partial charge in [0.15, 0.2) is 0 Å². The maximum absolute atomic E-state index is 12.4. The van der Waals surface area contributed by atoms with Gasteiger partial charge in [0.25, 0.3) is 11.5 Å². The molecule has 0 saturated carbocycles. The number of nitrogens with zero attached hydrogens (tertiary/aromatic N) is 3. The average molecular weight is 354 g/mol. The second-order valence-electron chi connectivity index (χ2n) is 6.58.